The van der Waals surface area contributed by atoms with E-state index in [0.717, 1.165) is 46.6 Å². The van der Waals surface area contributed by atoms with Crippen LogP contribution < -0.4 is 5.90 Å². The van der Waals surface area contributed by atoms with Crippen molar-refractivity contribution in [3.05, 3.63) is 70.8 Å². The molecular weight excluding hydrogens is 334 g/mol. The lowest BCUT2D eigenvalue weighted by atomic mass is 9.77. The first-order valence-corrected chi connectivity index (χ1v) is 9.95. The van der Waals surface area contributed by atoms with Crippen molar-refractivity contribution >= 4 is 11.6 Å². The molecule has 0 bridgehead atoms. The second kappa shape index (κ2) is 9.32. The van der Waals surface area contributed by atoms with E-state index < -0.39 is 0 Å². The Morgan fingerprint density at radius 3 is 2.48 bits per heavy atom. The molecule has 3 N–H and O–H groups in total. The van der Waals surface area contributed by atoms with E-state index in [4.69, 9.17) is 10.7 Å². The molecule has 1 fully saturated rings. The molecule has 144 valence electrons. The standard InChI is InChI=1S/C24H31NO2/c1-17-8-12-21(13-9-17)24(27-25)23(20-6-4-3-5-7-20)15-19-11-10-18(2)22(14-19)16-26/h3-7,10-11,14-15,17,21,24,26H,8-9,12-13,16,25H2,1-2H3/b23-15+. The molecule has 2 aromatic rings. The third-order valence-electron chi connectivity index (χ3n) is 5.91. The average molecular weight is 366 g/mol. The summed E-state index contributed by atoms with van der Waals surface area (Å²) in [7, 11) is 0. The molecule has 27 heavy (non-hydrogen) atoms. The van der Waals surface area contributed by atoms with Crippen LogP contribution in [0.5, 0.6) is 0 Å². The predicted octanol–water partition coefficient (Wildman–Crippen LogP) is 5.11. The highest BCUT2D eigenvalue weighted by atomic mass is 16.6. The van der Waals surface area contributed by atoms with Crippen LogP contribution in [0.1, 0.15) is 54.9 Å². The summed E-state index contributed by atoms with van der Waals surface area (Å²) in [6, 6.07) is 16.6. The molecular formula is C24H31NO2. The summed E-state index contributed by atoms with van der Waals surface area (Å²) < 4.78 is 0. The van der Waals surface area contributed by atoms with Crippen LogP contribution >= 0.6 is 0 Å². The van der Waals surface area contributed by atoms with E-state index in [1.165, 1.54) is 12.8 Å². The van der Waals surface area contributed by atoms with E-state index in [0.29, 0.717) is 5.92 Å². The van der Waals surface area contributed by atoms with E-state index in [1.807, 2.05) is 25.1 Å². The zero-order chi connectivity index (χ0) is 19.2. The van der Waals surface area contributed by atoms with Gasteiger partial charge >= 0.3 is 0 Å². The fourth-order valence-electron chi connectivity index (χ4n) is 4.12. The summed E-state index contributed by atoms with van der Waals surface area (Å²) >= 11 is 0. The van der Waals surface area contributed by atoms with Crippen molar-refractivity contribution in [2.75, 3.05) is 0 Å². The minimum absolute atomic E-state index is 0.0471. The smallest absolute Gasteiger partial charge is 0.107 e. The number of hydrogen-bond donors (Lipinski definition) is 2. The normalized spacial score (nSPS) is 21.9. The molecule has 0 amide bonds. The molecule has 0 spiro atoms. The Balaban J connectivity index is 2.00. The molecule has 1 atom stereocenters. The molecule has 0 saturated heterocycles. The number of rotatable bonds is 6. The van der Waals surface area contributed by atoms with Crippen molar-refractivity contribution < 1.29 is 9.94 Å². The Labute approximate surface area is 162 Å². The zero-order valence-corrected chi connectivity index (χ0v) is 16.4. The Hall–Kier alpha value is -1.94. The number of nitrogens with two attached hydrogens (primary N) is 1. The van der Waals surface area contributed by atoms with Crippen molar-refractivity contribution in [1.82, 2.24) is 0 Å². The Morgan fingerprint density at radius 1 is 1.15 bits per heavy atom. The molecule has 0 aliphatic heterocycles. The third kappa shape index (κ3) is 4.86. The van der Waals surface area contributed by atoms with Crippen LogP contribution in [0.15, 0.2) is 48.5 Å². The fraction of sp³-hybridized carbons (Fsp3) is 0.417. The van der Waals surface area contributed by atoms with Gasteiger partial charge in [0.05, 0.1) is 6.61 Å². The summed E-state index contributed by atoms with van der Waals surface area (Å²) in [4.78, 5) is 5.58. The highest BCUT2D eigenvalue weighted by Gasteiger charge is 2.30. The summed E-state index contributed by atoms with van der Waals surface area (Å²) in [5.41, 5.74) is 5.37. The number of aliphatic hydroxyl groups is 1. The molecule has 1 aliphatic rings. The highest BCUT2D eigenvalue weighted by Crippen LogP contribution is 2.37. The second-order valence-corrected chi connectivity index (χ2v) is 7.89. The maximum Gasteiger partial charge on any atom is 0.107 e. The van der Waals surface area contributed by atoms with E-state index >= 15 is 0 Å². The van der Waals surface area contributed by atoms with Crippen LogP contribution in [0.3, 0.4) is 0 Å². The number of benzene rings is 2. The van der Waals surface area contributed by atoms with Gasteiger partial charge in [-0.25, -0.2) is 5.90 Å². The summed E-state index contributed by atoms with van der Waals surface area (Å²) in [6.07, 6.45) is 6.78. The van der Waals surface area contributed by atoms with E-state index in [9.17, 15) is 5.11 Å². The van der Waals surface area contributed by atoms with Gasteiger partial charge in [-0.15, -0.1) is 0 Å². The lowest BCUT2D eigenvalue weighted by Crippen LogP contribution is -2.31. The molecule has 1 saturated carbocycles. The van der Waals surface area contributed by atoms with Gasteiger partial charge in [0.2, 0.25) is 0 Å². The van der Waals surface area contributed by atoms with Crippen LogP contribution in [-0.4, -0.2) is 11.2 Å². The first kappa shape index (κ1) is 19.8. The van der Waals surface area contributed by atoms with Gasteiger partial charge in [0, 0.05) is 0 Å². The average Bonchev–Trinajstić information content (AvgIpc) is 2.71. The van der Waals surface area contributed by atoms with Gasteiger partial charge < -0.3 is 5.11 Å². The van der Waals surface area contributed by atoms with E-state index in [2.05, 4.69) is 43.3 Å². The van der Waals surface area contributed by atoms with Gasteiger partial charge in [0.25, 0.3) is 0 Å². The molecule has 0 heterocycles. The first-order valence-electron chi connectivity index (χ1n) is 9.95. The SMILES string of the molecule is Cc1ccc(/C=C(\c2ccccc2)C(ON)C2CCC(C)CC2)cc1CO. The van der Waals surface area contributed by atoms with Crippen molar-refractivity contribution in [2.24, 2.45) is 17.7 Å². The molecule has 3 nitrogen and oxygen atoms in total. The van der Waals surface area contributed by atoms with Crippen LogP contribution in [0.4, 0.5) is 0 Å². The Bertz CT molecular complexity index is 761. The molecule has 2 aromatic carbocycles. The molecule has 1 unspecified atom stereocenters. The second-order valence-electron chi connectivity index (χ2n) is 7.89. The zero-order valence-electron chi connectivity index (χ0n) is 16.4. The van der Waals surface area contributed by atoms with Crippen LogP contribution in [0, 0.1) is 18.8 Å². The lowest BCUT2D eigenvalue weighted by Gasteiger charge is -2.33. The third-order valence-corrected chi connectivity index (χ3v) is 5.91. The summed E-state index contributed by atoms with van der Waals surface area (Å²) in [6.45, 7) is 4.39. The topological polar surface area (TPSA) is 55.5 Å². The van der Waals surface area contributed by atoms with E-state index in [-0.39, 0.29) is 12.7 Å². The monoisotopic (exact) mass is 365 g/mol. The van der Waals surface area contributed by atoms with Gasteiger partial charge in [0.15, 0.2) is 0 Å². The number of hydrogen-bond acceptors (Lipinski definition) is 3. The molecule has 3 heteroatoms. The maximum atomic E-state index is 9.61. The minimum atomic E-state index is -0.126. The summed E-state index contributed by atoms with van der Waals surface area (Å²) in [5.74, 6) is 7.05. The van der Waals surface area contributed by atoms with Crippen molar-refractivity contribution in [3.8, 4) is 0 Å². The van der Waals surface area contributed by atoms with Crippen molar-refractivity contribution in [3.63, 3.8) is 0 Å². The summed E-state index contributed by atoms with van der Waals surface area (Å²) in [5, 5.41) is 9.61. The van der Waals surface area contributed by atoms with Crippen LogP contribution in [0.2, 0.25) is 0 Å². The van der Waals surface area contributed by atoms with Crippen LogP contribution in [0.25, 0.3) is 11.6 Å². The Kier molecular flexibility index (Phi) is 6.84. The quantitative estimate of drug-likeness (QED) is 0.552. The Morgan fingerprint density at radius 2 is 1.85 bits per heavy atom. The lowest BCUT2D eigenvalue weighted by molar-refractivity contribution is 0.0336. The predicted molar refractivity (Wildman–Crippen MR) is 112 cm³/mol. The van der Waals surface area contributed by atoms with Crippen molar-refractivity contribution in [1.29, 1.82) is 0 Å². The molecule has 1 aliphatic carbocycles. The largest absolute Gasteiger partial charge is 0.392 e. The van der Waals surface area contributed by atoms with Crippen molar-refractivity contribution in [2.45, 2.75) is 52.2 Å². The van der Waals surface area contributed by atoms with Gasteiger partial charge in [-0.2, -0.15) is 0 Å². The molecule has 3 rings (SSSR count). The maximum absolute atomic E-state index is 9.61. The number of aliphatic hydroxyl groups excluding tert-OH is 1. The molecule has 0 radical (unpaired) electrons. The number of aryl methyl sites for hydroxylation is 1. The van der Waals surface area contributed by atoms with Gasteiger partial charge in [-0.3, -0.25) is 4.84 Å². The van der Waals surface area contributed by atoms with E-state index in [1.54, 1.807) is 0 Å². The van der Waals surface area contributed by atoms with Gasteiger partial charge in [0.1, 0.15) is 6.10 Å². The highest BCUT2D eigenvalue weighted by molar-refractivity contribution is 5.84. The van der Waals surface area contributed by atoms with Gasteiger partial charge in [-0.1, -0.05) is 62.2 Å². The first-order chi connectivity index (χ1) is 13.1. The minimum Gasteiger partial charge on any atom is -0.392 e. The fourth-order valence-corrected chi connectivity index (χ4v) is 4.12. The van der Waals surface area contributed by atoms with Gasteiger partial charge in [-0.05, 0) is 71.6 Å². The van der Waals surface area contributed by atoms with Crippen LogP contribution in [-0.2, 0) is 11.4 Å². The molecule has 0 aromatic heterocycles.